The summed E-state index contributed by atoms with van der Waals surface area (Å²) in [5, 5.41) is 10.1. The highest BCUT2D eigenvalue weighted by atomic mass is 35.5. The van der Waals surface area contributed by atoms with Crippen LogP contribution in [-0.2, 0) is 4.74 Å². The second kappa shape index (κ2) is 5.17. The Kier molecular flexibility index (Phi) is 4.88. The quantitative estimate of drug-likeness (QED) is 0.445. The summed E-state index contributed by atoms with van der Waals surface area (Å²) < 4.78 is 4.95. The van der Waals surface area contributed by atoms with Gasteiger partial charge in [-0.25, -0.2) is 0 Å². The van der Waals surface area contributed by atoms with Crippen LogP contribution in [0.15, 0.2) is 29.0 Å². The Labute approximate surface area is 89.8 Å². The second-order valence-electron chi connectivity index (χ2n) is 3.29. The van der Waals surface area contributed by atoms with Crippen molar-refractivity contribution in [2.45, 2.75) is 19.4 Å². The number of aliphatic hydroxyl groups is 1. The fourth-order valence-electron chi connectivity index (χ4n) is 0.892. The maximum atomic E-state index is 9.80. The van der Waals surface area contributed by atoms with E-state index in [9.17, 15) is 5.11 Å². The lowest BCUT2D eigenvalue weighted by molar-refractivity contribution is 0.112. The van der Waals surface area contributed by atoms with Crippen LogP contribution in [0.1, 0.15) is 13.8 Å². The van der Waals surface area contributed by atoms with Gasteiger partial charge in [-0.15, -0.1) is 0 Å². The summed E-state index contributed by atoms with van der Waals surface area (Å²) in [4.78, 5) is 3.76. The molecule has 3 nitrogen and oxygen atoms in total. The zero-order chi connectivity index (χ0) is 11.4. The molecule has 0 aliphatic rings. The minimum atomic E-state index is -1.06. The van der Waals surface area contributed by atoms with Gasteiger partial charge in [-0.1, -0.05) is 18.2 Å². The SMILES string of the molecule is C=C(OC)/C(=C\C(Cl)=NC)C(C)(C)O. The molecular weight excluding hydrogens is 202 g/mol. The van der Waals surface area contributed by atoms with Crippen molar-refractivity contribution in [3.8, 4) is 0 Å². The summed E-state index contributed by atoms with van der Waals surface area (Å²) in [6.45, 7) is 6.92. The smallest absolute Gasteiger partial charge is 0.123 e. The Bertz CT molecular complexity index is 274. The molecule has 4 heteroatoms. The van der Waals surface area contributed by atoms with Gasteiger partial charge >= 0.3 is 0 Å². The topological polar surface area (TPSA) is 41.8 Å². The summed E-state index contributed by atoms with van der Waals surface area (Å²) in [6, 6.07) is 0. The number of nitrogens with zero attached hydrogens (tertiary/aromatic N) is 1. The summed E-state index contributed by atoms with van der Waals surface area (Å²) in [7, 11) is 3.05. The Balaban J connectivity index is 5.12. The van der Waals surface area contributed by atoms with Gasteiger partial charge in [0.1, 0.15) is 10.9 Å². The number of rotatable bonds is 4. The summed E-state index contributed by atoms with van der Waals surface area (Å²) in [6.07, 6.45) is 1.54. The molecule has 0 saturated heterocycles. The maximum Gasteiger partial charge on any atom is 0.123 e. The van der Waals surface area contributed by atoms with E-state index in [2.05, 4.69) is 11.6 Å². The molecule has 0 amide bonds. The first-order chi connectivity index (χ1) is 6.32. The highest BCUT2D eigenvalue weighted by molar-refractivity contribution is 6.68. The molecule has 0 aromatic rings. The van der Waals surface area contributed by atoms with Crippen LogP contribution in [0.25, 0.3) is 0 Å². The van der Waals surface area contributed by atoms with Gasteiger partial charge in [-0.05, 0) is 19.9 Å². The van der Waals surface area contributed by atoms with Crippen LogP contribution >= 0.6 is 11.6 Å². The predicted octanol–water partition coefficient (Wildman–Crippen LogP) is 2.11. The van der Waals surface area contributed by atoms with Gasteiger partial charge in [-0.2, -0.15) is 0 Å². The lowest BCUT2D eigenvalue weighted by atomic mass is 9.96. The lowest BCUT2D eigenvalue weighted by Crippen LogP contribution is -2.24. The van der Waals surface area contributed by atoms with Gasteiger partial charge in [0.05, 0.1) is 12.7 Å². The summed E-state index contributed by atoms with van der Waals surface area (Å²) in [5.41, 5.74) is -0.548. The Hall–Kier alpha value is -0.800. The van der Waals surface area contributed by atoms with E-state index in [1.165, 1.54) is 13.2 Å². The van der Waals surface area contributed by atoms with Gasteiger partial charge in [0, 0.05) is 12.6 Å². The number of aliphatic imine (C=N–C) groups is 1. The largest absolute Gasteiger partial charge is 0.497 e. The predicted molar refractivity (Wildman–Crippen MR) is 59.7 cm³/mol. The van der Waals surface area contributed by atoms with E-state index in [4.69, 9.17) is 16.3 Å². The molecule has 0 saturated carbocycles. The molecular formula is C10H16ClNO2. The lowest BCUT2D eigenvalue weighted by Gasteiger charge is -2.22. The van der Waals surface area contributed by atoms with Crippen LogP contribution in [0, 0.1) is 0 Å². The molecule has 0 radical (unpaired) electrons. The maximum absolute atomic E-state index is 9.80. The summed E-state index contributed by atoms with van der Waals surface area (Å²) in [5.74, 6) is 0.374. The van der Waals surface area contributed by atoms with Crippen molar-refractivity contribution < 1.29 is 9.84 Å². The fourth-order valence-corrected chi connectivity index (χ4v) is 1.00. The van der Waals surface area contributed by atoms with Gasteiger partial charge in [0.25, 0.3) is 0 Å². The molecule has 0 aliphatic heterocycles. The minimum Gasteiger partial charge on any atom is -0.497 e. The molecule has 0 aromatic carbocycles. The van der Waals surface area contributed by atoms with Crippen LogP contribution in [-0.4, -0.2) is 30.0 Å². The van der Waals surface area contributed by atoms with Crippen molar-refractivity contribution in [2.24, 2.45) is 4.99 Å². The first kappa shape index (κ1) is 13.2. The van der Waals surface area contributed by atoms with E-state index >= 15 is 0 Å². The van der Waals surface area contributed by atoms with Crippen molar-refractivity contribution in [1.29, 1.82) is 0 Å². The van der Waals surface area contributed by atoms with E-state index in [1.807, 2.05) is 0 Å². The average molecular weight is 218 g/mol. The van der Waals surface area contributed by atoms with E-state index < -0.39 is 5.60 Å². The Morgan fingerprint density at radius 1 is 1.57 bits per heavy atom. The monoisotopic (exact) mass is 217 g/mol. The molecule has 0 rings (SSSR count). The molecule has 0 fully saturated rings. The molecule has 0 unspecified atom stereocenters. The molecule has 0 aromatic heterocycles. The van der Waals surface area contributed by atoms with Crippen molar-refractivity contribution >= 4 is 16.8 Å². The van der Waals surface area contributed by atoms with Crippen LogP contribution in [0.4, 0.5) is 0 Å². The molecule has 0 heterocycles. The zero-order valence-corrected chi connectivity index (χ0v) is 9.72. The third-order valence-corrected chi connectivity index (χ3v) is 1.96. The van der Waals surface area contributed by atoms with Crippen LogP contribution < -0.4 is 0 Å². The molecule has 0 aliphatic carbocycles. The van der Waals surface area contributed by atoms with Crippen LogP contribution in [0.3, 0.4) is 0 Å². The Morgan fingerprint density at radius 3 is 2.36 bits per heavy atom. The number of halogens is 1. The number of hydrogen-bond acceptors (Lipinski definition) is 3. The van der Waals surface area contributed by atoms with Crippen LogP contribution in [0.5, 0.6) is 0 Å². The van der Waals surface area contributed by atoms with E-state index in [-0.39, 0.29) is 0 Å². The van der Waals surface area contributed by atoms with Gasteiger partial charge < -0.3 is 9.84 Å². The van der Waals surface area contributed by atoms with E-state index in [0.717, 1.165) is 0 Å². The van der Waals surface area contributed by atoms with Gasteiger partial charge in [-0.3, -0.25) is 4.99 Å². The average Bonchev–Trinajstić information content (AvgIpc) is 2.10. The normalized spacial score (nSPS) is 14.1. The minimum absolute atomic E-state index is 0.292. The highest BCUT2D eigenvalue weighted by Gasteiger charge is 2.22. The van der Waals surface area contributed by atoms with Gasteiger partial charge in [0.2, 0.25) is 0 Å². The molecule has 0 spiro atoms. The van der Waals surface area contributed by atoms with Gasteiger partial charge in [0.15, 0.2) is 0 Å². The first-order valence-electron chi connectivity index (χ1n) is 4.13. The fraction of sp³-hybridized carbons (Fsp3) is 0.500. The first-order valence-corrected chi connectivity index (χ1v) is 4.50. The number of methoxy groups -OCH3 is 1. The molecule has 80 valence electrons. The van der Waals surface area contributed by atoms with Crippen LogP contribution in [0.2, 0.25) is 0 Å². The van der Waals surface area contributed by atoms with E-state index in [1.54, 1.807) is 20.9 Å². The van der Waals surface area contributed by atoms with Crippen molar-refractivity contribution in [3.63, 3.8) is 0 Å². The van der Waals surface area contributed by atoms with Crippen molar-refractivity contribution in [2.75, 3.05) is 14.2 Å². The molecule has 0 atom stereocenters. The molecule has 1 N–H and O–H groups in total. The zero-order valence-electron chi connectivity index (χ0n) is 8.97. The third-order valence-electron chi connectivity index (χ3n) is 1.68. The molecule has 14 heavy (non-hydrogen) atoms. The van der Waals surface area contributed by atoms with Crippen molar-refractivity contribution in [3.05, 3.63) is 24.0 Å². The number of allylic oxidation sites excluding steroid dienone is 1. The summed E-state index contributed by atoms with van der Waals surface area (Å²) >= 11 is 5.73. The Morgan fingerprint density at radius 2 is 2.07 bits per heavy atom. The number of ether oxygens (including phenoxy) is 1. The number of hydrogen-bond donors (Lipinski definition) is 1. The second-order valence-corrected chi connectivity index (χ2v) is 3.68. The third kappa shape index (κ3) is 3.94. The highest BCUT2D eigenvalue weighted by Crippen LogP contribution is 2.23. The molecule has 0 bridgehead atoms. The van der Waals surface area contributed by atoms with Crippen molar-refractivity contribution in [1.82, 2.24) is 0 Å². The van der Waals surface area contributed by atoms with E-state index in [0.29, 0.717) is 16.5 Å². The standard InChI is InChI=1S/C10H16ClNO2/c1-7(14-5)8(10(2,3)13)6-9(11)12-4/h6,13H,1H2,2-5H3/b8-6+,12-9?.